The van der Waals surface area contributed by atoms with E-state index in [2.05, 4.69) is 26.6 Å². The molecule has 0 radical (unpaired) electrons. The van der Waals surface area contributed by atoms with Crippen LogP contribution in [-0.4, -0.2) is 44.3 Å². The SMILES string of the molecule is COCCOc1ccc(Br)cc1C(=O)NC(=S)N(C)c1ccccc1C(=O)NCc1ccccc1. The second kappa shape index (κ2) is 13.0. The van der Waals surface area contributed by atoms with E-state index in [0.717, 1.165) is 10.0 Å². The summed E-state index contributed by atoms with van der Waals surface area (Å²) in [5.41, 5.74) is 2.31. The van der Waals surface area contributed by atoms with E-state index in [-0.39, 0.29) is 11.0 Å². The monoisotopic (exact) mass is 555 g/mol. The third-order valence-electron chi connectivity index (χ3n) is 5.06. The molecule has 0 aliphatic rings. The Kier molecular flexibility index (Phi) is 9.77. The molecule has 0 aliphatic carbocycles. The summed E-state index contributed by atoms with van der Waals surface area (Å²) in [5, 5.41) is 5.80. The molecular weight excluding hydrogens is 530 g/mol. The molecule has 0 saturated carbocycles. The average molecular weight is 556 g/mol. The molecule has 0 aliphatic heterocycles. The molecular formula is C26H26BrN3O4S. The van der Waals surface area contributed by atoms with Crippen molar-refractivity contribution < 1.29 is 19.1 Å². The van der Waals surface area contributed by atoms with Crippen molar-refractivity contribution in [3.05, 3.63) is 94.0 Å². The van der Waals surface area contributed by atoms with Gasteiger partial charge in [0.1, 0.15) is 12.4 Å². The number of carbonyl (C=O) groups excluding carboxylic acids is 2. The van der Waals surface area contributed by atoms with Crippen molar-refractivity contribution in [2.24, 2.45) is 0 Å². The molecule has 182 valence electrons. The maximum absolute atomic E-state index is 13.0. The minimum Gasteiger partial charge on any atom is -0.490 e. The molecule has 35 heavy (non-hydrogen) atoms. The van der Waals surface area contributed by atoms with Gasteiger partial charge in [-0.3, -0.25) is 14.9 Å². The number of rotatable bonds is 9. The summed E-state index contributed by atoms with van der Waals surface area (Å²) in [7, 11) is 3.27. The number of hydrogen-bond donors (Lipinski definition) is 2. The van der Waals surface area contributed by atoms with E-state index in [4.69, 9.17) is 21.7 Å². The van der Waals surface area contributed by atoms with Gasteiger partial charge in [-0.2, -0.15) is 0 Å². The number of amides is 2. The van der Waals surface area contributed by atoms with E-state index < -0.39 is 5.91 Å². The standard InChI is InChI=1S/C26H26BrN3O4S/c1-30(22-11-7-6-10-20(22)24(31)28-17-18-8-4-3-5-9-18)26(35)29-25(32)21-16-19(27)12-13-23(21)34-15-14-33-2/h3-13,16H,14-15,17H2,1-2H3,(H,28,31)(H,29,32,35). The van der Waals surface area contributed by atoms with Crippen LogP contribution in [0.1, 0.15) is 26.3 Å². The van der Waals surface area contributed by atoms with Crippen LogP contribution >= 0.6 is 28.1 Å². The van der Waals surface area contributed by atoms with Crippen molar-refractivity contribution in [2.75, 3.05) is 32.3 Å². The molecule has 3 aromatic rings. The number of ether oxygens (including phenoxy) is 2. The smallest absolute Gasteiger partial charge is 0.261 e. The fourth-order valence-corrected chi connectivity index (χ4v) is 3.78. The van der Waals surface area contributed by atoms with Crippen molar-refractivity contribution in [2.45, 2.75) is 6.54 Å². The predicted octanol–water partition coefficient (Wildman–Crippen LogP) is 4.56. The molecule has 3 rings (SSSR count). The first kappa shape index (κ1) is 26.3. The summed E-state index contributed by atoms with van der Waals surface area (Å²) in [6.45, 7) is 1.09. The number of para-hydroxylation sites is 1. The lowest BCUT2D eigenvalue weighted by Gasteiger charge is -2.23. The highest BCUT2D eigenvalue weighted by Crippen LogP contribution is 2.24. The van der Waals surface area contributed by atoms with Gasteiger partial charge >= 0.3 is 0 Å². The lowest BCUT2D eigenvalue weighted by Crippen LogP contribution is -2.41. The van der Waals surface area contributed by atoms with Crippen LogP contribution in [0, 0.1) is 0 Å². The number of halogens is 1. The normalized spacial score (nSPS) is 10.4. The highest BCUT2D eigenvalue weighted by Gasteiger charge is 2.20. The van der Waals surface area contributed by atoms with E-state index in [1.54, 1.807) is 61.5 Å². The first-order chi connectivity index (χ1) is 16.9. The van der Waals surface area contributed by atoms with Gasteiger partial charge in [-0.25, -0.2) is 0 Å². The highest BCUT2D eigenvalue weighted by atomic mass is 79.9. The maximum Gasteiger partial charge on any atom is 0.261 e. The summed E-state index contributed by atoms with van der Waals surface area (Å²) in [6.07, 6.45) is 0. The summed E-state index contributed by atoms with van der Waals surface area (Å²) >= 11 is 8.88. The van der Waals surface area contributed by atoms with E-state index in [9.17, 15) is 9.59 Å². The molecule has 2 N–H and O–H groups in total. The number of thiocarbonyl (C=S) groups is 1. The van der Waals surface area contributed by atoms with Crippen molar-refractivity contribution >= 4 is 50.8 Å². The van der Waals surface area contributed by atoms with Gasteiger partial charge in [-0.1, -0.05) is 58.4 Å². The average Bonchev–Trinajstić information content (AvgIpc) is 2.88. The molecule has 2 amide bonds. The summed E-state index contributed by atoms with van der Waals surface area (Å²) in [5.74, 6) is -0.262. The Morgan fingerprint density at radius 1 is 0.943 bits per heavy atom. The Labute approximate surface area is 218 Å². The second-order valence-electron chi connectivity index (χ2n) is 7.49. The van der Waals surface area contributed by atoms with Crippen LogP contribution in [0.3, 0.4) is 0 Å². The molecule has 0 atom stereocenters. The van der Waals surface area contributed by atoms with Gasteiger partial charge in [0.15, 0.2) is 5.11 Å². The van der Waals surface area contributed by atoms with Crippen LogP contribution in [0.4, 0.5) is 5.69 Å². The summed E-state index contributed by atoms with van der Waals surface area (Å²) < 4.78 is 11.4. The lowest BCUT2D eigenvalue weighted by molar-refractivity contribution is 0.0949. The maximum atomic E-state index is 13.0. The van der Waals surface area contributed by atoms with Crippen LogP contribution in [0.5, 0.6) is 5.75 Å². The second-order valence-corrected chi connectivity index (χ2v) is 8.79. The van der Waals surface area contributed by atoms with Crippen LogP contribution in [0.25, 0.3) is 0 Å². The number of anilines is 1. The molecule has 0 heterocycles. The third kappa shape index (κ3) is 7.35. The van der Waals surface area contributed by atoms with Crippen molar-refractivity contribution in [3.63, 3.8) is 0 Å². The molecule has 3 aromatic carbocycles. The van der Waals surface area contributed by atoms with E-state index in [1.807, 2.05) is 30.3 Å². The lowest BCUT2D eigenvalue weighted by atomic mass is 10.1. The zero-order valence-corrected chi connectivity index (χ0v) is 21.8. The van der Waals surface area contributed by atoms with Gasteiger partial charge in [0, 0.05) is 25.2 Å². The Morgan fingerprint density at radius 3 is 2.40 bits per heavy atom. The Balaban J connectivity index is 1.72. The zero-order valence-electron chi connectivity index (χ0n) is 19.4. The fourth-order valence-electron chi connectivity index (χ4n) is 3.23. The van der Waals surface area contributed by atoms with Crippen LogP contribution in [-0.2, 0) is 11.3 Å². The first-order valence-electron chi connectivity index (χ1n) is 10.8. The molecule has 7 nitrogen and oxygen atoms in total. The summed E-state index contributed by atoms with van der Waals surface area (Å²) in [4.78, 5) is 27.5. The topological polar surface area (TPSA) is 79.9 Å². The van der Waals surface area contributed by atoms with Crippen molar-refractivity contribution in [1.29, 1.82) is 0 Å². The molecule has 9 heteroatoms. The number of benzene rings is 3. The fraction of sp³-hybridized carbons (Fsp3) is 0.192. The number of carbonyl (C=O) groups is 2. The minimum absolute atomic E-state index is 0.140. The molecule has 0 aromatic heterocycles. The first-order valence-corrected chi connectivity index (χ1v) is 12.0. The highest BCUT2D eigenvalue weighted by molar-refractivity contribution is 9.10. The van der Waals surface area contributed by atoms with Crippen LogP contribution in [0.2, 0.25) is 0 Å². The van der Waals surface area contributed by atoms with Crippen molar-refractivity contribution in [3.8, 4) is 5.75 Å². The Morgan fingerprint density at radius 2 is 1.66 bits per heavy atom. The van der Waals surface area contributed by atoms with Gasteiger partial charge < -0.3 is 19.7 Å². The molecule has 0 spiro atoms. The predicted molar refractivity (Wildman–Crippen MR) is 144 cm³/mol. The van der Waals surface area contributed by atoms with E-state index >= 15 is 0 Å². The largest absolute Gasteiger partial charge is 0.490 e. The van der Waals surface area contributed by atoms with E-state index in [1.165, 1.54) is 0 Å². The van der Waals surface area contributed by atoms with Gasteiger partial charge in [0.2, 0.25) is 0 Å². The number of hydrogen-bond acceptors (Lipinski definition) is 5. The van der Waals surface area contributed by atoms with Gasteiger partial charge in [0.05, 0.1) is 23.4 Å². The Hall–Kier alpha value is -3.27. The van der Waals surface area contributed by atoms with E-state index in [0.29, 0.717) is 42.3 Å². The van der Waals surface area contributed by atoms with Gasteiger partial charge in [-0.05, 0) is 48.1 Å². The molecule has 0 saturated heterocycles. The van der Waals surface area contributed by atoms with Crippen LogP contribution in [0.15, 0.2) is 77.3 Å². The van der Waals surface area contributed by atoms with Crippen LogP contribution < -0.4 is 20.3 Å². The molecule has 0 bridgehead atoms. The zero-order chi connectivity index (χ0) is 25.2. The number of nitrogens with zero attached hydrogens (tertiary/aromatic N) is 1. The van der Waals surface area contributed by atoms with Crippen molar-refractivity contribution in [1.82, 2.24) is 10.6 Å². The quantitative estimate of drug-likeness (QED) is 0.297. The third-order valence-corrected chi connectivity index (χ3v) is 5.93. The number of nitrogens with one attached hydrogen (secondary N) is 2. The van der Waals surface area contributed by atoms with Gasteiger partial charge in [-0.15, -0.1) is 0 Å². The summed E-state index contributed by atoms with van der Waals surface area (Å²) in [6, 6.07) is 21.9. The Bertz CT molecular complexity index is 1190. The molecule has 0 fully saturated rings. The number of methoxy groups -OCH3 is 1. The molecule has 0 unspecified atom stereocenters. The van der Waals surface area contributed by atoms with Gasteiger partial charge in [0.25, 0.3) is 11.8 Å². The minimum atomic E-state index is -0.429.